The molecule has 0 amide bonds. The Kier molecular flexibility index (Phi) is 6.37. The summed E-state index contributed by atoms with van der Waals surface area (Å²) in [6, 6.07) is 9.85. The molecule has 2 aromatic carbocycles. The Labute approximate surface area is 186 Å². The lowest BCUT2D eigenvalue weighted by Gasteiger charge is -2.32. The van der Waals surface area contributed by atoms with Crippen molar-refractivity contribution in [2.24, 2.45) is 0 Å². The van der Waals surface area contributed by atoms with Crippen LogP contribution in [0.25, 0.3) is 0 Å². The number of carbonyl (C=O) groups excluding carboxylic acids is 1. The molecular formula is C23H26BF3O5. The zero-order valence-corrected chi connectivity index (χ0v) is 18.9. The fourth-order valence-corrected chi connectivity index (χ4v) is 3.40. The van der Waals surface area contributed by atoms with E-state index in [9.17, 15) is 18.0 Å². The van der Waals surface area contributed by atoms with Gasteiger partial charge in [0.2, 0.25) is 0 Å². The van der Waals surface area contributed by atoms with Crippen molar-refractivity contribution in [3.8, 4) is 5.75 Å². The predicted octanol–water partition coefficient (Wildman–Crippen LogP) is 4.93. The summed E-state index contributed by atoms with van der Waals surface area (Å²) >= 11 is 0. The summed E-state index contributed by atoms with van der Waals surface area (Å²) in [7, 11) is 0.489. The van der Waals surface area contributed by atoms with Gasteiger partial charge >= 0.3 is 19.3 Å². The number of carbonyl (C=O) groups is 1. The van der Waals surface area contributed by atoms with Gasteiger partial charge < -0.3 is 18.8 Å². The van der Waals surface area contributed by atoms with Gasteiger partial charge in [0.1, 0.15) is 17.4 Å². The van der Waals surface area contributed by atoms with Crippen LogP contribution in [0.1, 0.15) is 62.2 Å². The average Bonchev–Trinajstić information content (AvgIpc) is 2.93. The highest BCUT2D eigenvalue weighted by Gasteiger charge is 2.51. The lowest BCUT2D eigenvalue weighted by molar-refractivity contribution is -0.139. The van der Waals surface area contributed by atoms with Gasteiger partial charge in [0.25, 0.3) is 0 Å². The summed E-state index contributed by atoms with van der Waals surface area (Å²) < 4.78 is 63.2. The van der Waals surface area contributed by atoms with Gasteiger partial charge in [-0.15, -0.1) is 0 Å². The molecule has 1 fully saturated rings. The third-order valence-electron chi connectivity index (χ3n) is 5.94. The van der Waals surface area contributed by atoms with Gasteiger partial charge in [-0.3, -0.25) is 0 Å². The molecule has 1 aliphatic rings. The number of benzene rings is 2. The minimum Gasteiger partial charge on any atom is -0.485 e. The molecule has 1 atom stereocenters. The van der Waals surface area contributed by atoms with Crippen LogP contribution in [0.2, 0.25) is 0 Å². The van der Waals surface area contributed by atoms with Crippen molar-refractivity contribution in [3.63, 3.8) is 0 Å². The molecular weight excluding hydrogens is 424 g/mol. The maximum Gasteiger partial charge on any atom is 0.494 e. The van der Waals surface area contributed by atoms with Crippen LogP contribution in [0.5, 0.6) is 5.75 Å². The zero-order chi connectivity index (χ0) is 23.9. The van der Waals surface area contributed by atoms with E-state index in [1.54, 1.807) is 12.1 Å². The van der Waals surface area contributed by atoms with Crippen molar-refractivity contribution in [1.82, 2.24) is 0 Å². The summed E-state index contributed by atoms with van der Waals surface area (Å²) in [5, 5.41) is 0. The van der Waals surface area contributed by atoms with Crippen molar-refractivity contribution in [2.75, 3.05) is 7.11 Å². The first-order chi connectivity index (χ1) is 14.8. The van der Waals surface area contributed by atoms with Gasteiger partial charge in [-0.05, 0) is 58.3 Å². The Balaban J connectivity index is 1.98. The highest BCUT2D eigenvalue weighted by atomic mass is 19.4. The third kappa shape index (κ3) is 4.64. The minimum absolute atomic E-state index is 0.0446. The molecule has 1 aliphatic heterocycles. The Morgan fingerprint density at radius 2 is 1.62 bits per heavy atom. The molecule has 0 aromatic heterocycles. The summed E-state index contributed by atoms with van der Waals surface area (Å²) in [5.41, 5.74) is -1.35. The van der Waals surface area contributed by atoms with E-state index in [0.29, 0.717) is 5.46 Å². The number of alkyl halides is 3. The van der Waals surface area contributed by atoms with Crippen molar-refractivity contribution in [3.05, 3.63) is 59.2 Å². The Morgan fingerprint density at radius 1 is 1.03 bits per heavy atom. The molecule has 2 aromatic rings. The van der Waals surface area contributed by atoms with Crippen LogP contribution in [0, 0.1) is 0 Å². The molecule has 1 heterocycles. The van der Waals surface area contributed by atoms with Crippen LogP contribution in [-0.2, 0) is 20.2 Å². The average molecular weight is 450 g/mol. The van der Waals surface area contributed by atoms with Gasteiger partial charge in [-0.2, -0.15) is 13.2 Å². The molecule has 172 valence electrons. The number of ether oxygens (including phenoxy) is 2. The molecule has 0 spiro atoms. The molecule has 32 heavy (non-hydrogen) atoms. The van der Waals surface area contributed by atoms with Crippen molar-refractivity contribution < 1.29 is 36.7 Å². The first kappa shape index (κ1) is 24.1. The fraction of sp³-hybridized carbons (Fsp3) is 0.435. The van der Waals surface area contributed by atoms with Crippen LogP contribution in [0.4, 0.5) is 13.2 Å². The van der Waals surface area contributed by atoms with Crippen LogP contribution >= 0.6 is 0 Å². The first-order valence-electron chi connectivity index (χ1n) is 10.2. The van der Waals surface area contributed by atoms with Crippen LogP contribution in [0.15, 0.2) is 42.5 Å². The predicted molar refractivity (Wildman–Crippen MR) is 114 cm³/mol. The van der Waals surface area contributed by atoms with Crippen molar-refractivity contribution in [1.29, 1.82) is 0 Å². The maximum absolute atomic E-state index is 13.5. The van der Waals surface area contributed by atoms with Crippen LogP contribution in [0.3, 0.4) is 0 Å². The topological polar surface area (TPSA) is 54.0 Å². The van der Waals surface area contributed by atoms with Crippen LogP contribution < -0.4 is 10.2 Å². The molecule has 0 aliphatic carbocycles. The first-order valence-corrected chi connectivity index (χ1v) is 10.2. The highest BCUT2D eigenvalue weighted by Crippen LogP contribution is 2.38. The Hall–Kier alpha value is -2.52. The van der Waals surface area contributed by atoms with Gasteiger partial charge in [0, 0.05) is 5.56 Å². The van der Waals surface area contributed by atoms with E-state index in [0.717, 1.165) is 6.07 Å². The Bertz CT molecular complexity index is 987. The van der Waals surface area contributed by atoms with E-state index in [-0.39, 0.29) is 16.9 Å². The number of rotatable bonds is 5. The minimum atomic E-state index is -4.54. The largest absolute Gasteiger partial charge is 0.494 e. The smallest absolute Gasteiger partial charge is 0.485 e. The number of methoxy groups -OCH3 is 1. The van der Waals surface area contributed by atoms with Gasteiger partial charge in [0.05, 0.1) is 23.9 Å². The number of esters is 1. The summed E-state index contributed by atoms with van der Waals surface area (Å²) in [6.07, 6.45) is -5.53. The lowest BCUT2D eigenvalue weighted by atomic mass is 9.78. The van der Waals surface area contributed by atoms with E-state index in [2.05, 4.69) is 0 Å². The number of hydrogen-bond acceptors (Lipinski definition) is 5. The van der Waals surface area contributed by atoms with Crippen LogP contribution in [-0.4, -0.2) is 31.4 Å². The van der Waals surface area contributed by atoms with Gasteiger partial charge in [0.15, 0.2) is 0 Å². The molecule has 5 nitrogen and oxygen atoms in total. The standard InChI is InChI=1S/C23H26BF3O5/c1-14(16-9-7-8-10-18(16)23(25,26)27)30-19-13-15(11-12-17(19)20(28)29-6)24-31-21(2,3)22(4,5)32-24/h7-14H,1-6H3. The monoisotopic (exact) mass is 450 g/mol. The summed E-state index contributed by atoms with van der Waals surface area (Å²) in [5.74, 6) is -0.592. The van der Waals surface area contributed by atoms with Gasteiger partial charge in [-0.25, -0.2) is 4.79 Å². The molecule has 1 unspecified atom stereocenters. The quantitative estimate of drug-likeness (QED) is 0.478. The van der Waals surface area contributed by atoms with E-state index in [1.807, 2.05) is 27.7 Å². The van der Waals surface area contributed by atoms with E-state index in [4.69, 9.17) is 18.8 Å². The van der Waals surface area contributed by atoms with Crippen molar-refractivity contribution >= 4 is 18.6 Å². The fourth-order valence-electron chi connectivity index (χ4n) is 3.40. The molecule has 0 bridgehead atoms. The molecule has 0 N–H and O–H groups in total. The van der Waals surface area contributed by atoms with Crippen molar-refractivity contribution in [2.45, 2.75) is 58.1 Å². The SMILES string of the molecule is COC(=O)c1ccc(B2OC(C)(C)C(C)(C)O2)cc1OC(C)c1ccccc1C(F)(F)F. The zero-order valence-electron chi connectivity index (χ0n) is 18.9. The maximum atomic E-state index is 13.5. The molecule has 0 radical (unpaired) electrons. The van der Waals surface area contributed by atoms with Gasteiger partial charge in [-0.1, -0.05) is 24.3 Å². The second-order valence-electron chi connectivity index (χ2n) is 8.68. The number of halogens is 3. The van der Waals surface area contributed by atoms with E-state index in [1.165, 1.54) is 38.3 Å². The third-order valence-corrected chi connectivity index (χ3v) is 5.94. The van der Waals surface area contributed by atoms with E-state index >= 15 is 0 Å². The van der Waals surface area contributed by atoms with E-state index < -0.39 is 42.1 Å². The highest BCUT2D eigenvalue weighted by molar-refractivity contribution is 6.62. The molecule has 3 rings (SSSR count). The Morgan fingerprint density at radius 3 is 2.19 bits per heavy atom. The number of hydrogen-bond donors (Lipinski definition) is 0. The normalized spacial score (nSPS) is 18.3. The molecule has 1 saturated heterocycles. The molecule has 9 heteroatoms. The molecule has 0 saturated carbocycles. The lowest BCUT2D eigenvalue weighted by Crippen LogP contribution is -2.41. The summed E-state index contributed by atoms with van der Waals surface area (Å²) in [6.45, 7) is 9.12. The second kappa shape index (κ2) is 8.44. The summed E-state index contributed by atoms with van der Waals surface area (Å²) in [4.78, 5) is 12.3. The second-order valence-corrected chi connectivity index (χ2v) is 8.68.